The third-order valence-corrected chi connectivity index (χ3v) is 9.55. The molecule has 0 aliphatic heterocycles. The van der Waals surface area contributed by atoms with E-state index in [1.807, 2.05) is 84.9 Å². The van der Waals surface area contributed by atoms with Crippen molar-refractivity contribution in [3.05, 3.63) is 191 Å². The van der Waals surface area contributed by atoms with E-state index < -0.39 is 5.41 Å². The van der Waals surface area contributed by atoms with Crippen LogP contribution in [-0.4, -0.2) is 19.9 Å². The van der Waals surface area contributed by atoms with Crippen LogP contribution in [0.2, 0.25) is 5.02 Å². The van der Waals surface area contributed by atoms with Crippen molar-refractivity contribution in [1.29, 1.82) is 0 Å². The highest BCUT2D eigenvalue weighted by Gasteiger charge is 2.49. The summed E-state index contributed by atoms with van der Waals surface area (Å²) in [5.74, 6) is 0.596. The van der Waals surface area contributed by atoms with Crippen LogP contribution in [0.4, 0.5) is 0 Å². The number of benzene rings is 6. The number of hydrogen-bond acceptors (Lipinski definition) is 4. The van der Waals surface area contributed by atoms with Crippen molar-refractivity contribution < 1.29 is 0 Å². The standard InChI is InChI=1S/C43H27ClN4/c44-35-27-15-26-34-36(35)32-24-13-14-25-33(32)43(34,31-22-11-4-12-23-31)40-38(29-18-7-2-8-19-29)45-39-37(28-16-5-1-6-17-28)46-41(48-42(39)47-40)30-20-9-3-10-21-30/h1-27H. The van der Waals surface area contributed by atoms with Crippen molar-refractivity contribution in [1.82, 2.24) is 19.9 Å². The van der Waals surface area contributed by atoms with Crippen molar-refractivity contribution in [3.63, 3.8) is 0 Å². The second kappa shape index (κ2) is 11.4. The zero-order valence-corrected chi connectivity index (χ0v) is 26.5. The fourth-order valence-corrected chi connectivity index (χ4v) is 7.47. The van der Waals surface area contributed by atoms with Gasteiger partial charge < -0.3 is 0 Å². The van der Waals surface area contributed by atoms with E-state index in [0.29, 0.717) is 22.0 Å². The molecule has 226 valence electrons. The van der Waals surface area contributed by atoms with Crippen LogP contribution in [0.15, 0.2) is 164 Å². The molecule has 0 N–H and O–H groups in total. The largest absolute Gasteiger partial charge is 0.240 e. The molecule has 0 spiro atoms. The smallest absolute Gasteiger partial charge is 0.182 e. The minimum Gasteiger partial charge on any atom is -0.240 e. The van der Waals surface area contributed by atoms with Crippen LogP contribution in [0.1, 0.15) is 22.4 Å². The van der Waals surface area contributed by atoms with E-state index in [4.69, 9.17) is 31.5 Å². The van der Waals surface area contributed by atoms with Crippen molar-refractivity contribution >= 4 is 22.8 Å². The zero-order valence-electron chi connectivity index (χ0n) is 25.8. The van der Waals surface area contributed by atoms with E-state index in [9.17, 15) is 0 Å². The van der Waals surface area contributed by atoms with Gasteiger partial charge in [0.05, 0.1) is 16.8 Å². The molecule has 9 rings (SSSR count). The number of aromatic nitrogens is 4. The Kier molecular flexibility index (Phi) is 6.70. The summed E-state index contributed by atoms with van der Waals surface area (Å²) >= 11 is 7.07. The van der Waals surface area contributed by atoms with Gasteiger partial charge in [-0.2, -0.15) is 0 Å². The van der Waals surface area contributed by atoms with Crippen molar-refractivity contribution in [2.45, 2.75) is 5.41 Å². The van der Waals surface area contributed by atoms with Crippen molar-refractivity contribution in [3.8, 4) is 45.0 Å². The van der Waals surface area contributed by atoms with E-state index >= 15 is 0 Å². The average molecular weight is 635 g/mol. The minimum atomic E-state index is -0.838. The molecule has 1 atom stereocenters. The molecule has 0 saturated heterocycles. The SMILES string of the molecule is Clc1cccc2c1-c1ccccc1C2(c1ccccc1)c1nc2nc(-c3ccccc3)nc(-c3ccccc3)c2nc1-c1ccccc1. The van der Waals surface area contributed by atoms with Crippen LogP contribution in [-0.2, 0) is 5.41 Å². The topological polar surface area (TPSA) is 51.6 Å². The summed E-state index contributed by atoms with van der Waals surface area (Å²) in [7, 11) is 0. The molecule has 8 aromatic rings. The number of fused-ring (bicyclic) bond motifs is 4. The Labute approximate surface area is 283 Å². The normalized spacial score (nSPS) is 14.9. The molecule has 48 heavy (non-hydrogen) atoms. The Bertz CT molecular complexity index is 2450. The minimum absolute atomic E-state index is 0.528. The first kappa shape index (κ1) is 28.3. The second-order valence-corrected chi connectivity index (χ2v) is 12.3. The molecule has 0 amide bonds. The highest BCUT2D eigenvalue weighted by Crippen LogP contribution is 2.58. The highest BCUT2D eigenvalue weighted by molar-refractivity contribution is 6.34. The summed E-state index contributed by atoms with van der Waals surface area (Å²) < 4.78 is 0. The molecule has 4 nitrogen and oxygen atoms in total. The second-order valence-electron chi connectivity index (χ2n) is 11.9. The van der Waals surface area contributed by atoms with E-state index in [1.165, 1.54) is 0 Å². The van der Waals surface area contributed by atoms with Gasteiger partial charge in [0.25, 0.3) is 0 Å². The lowest BCUT2D eigenvalue weighted by atomic mass is 9.69. The first-order valence-corrected chi connectivity index (χ1v) is 16.3. The van der Waals surface area contributed by atoms with Crippen molar-refractivity contribution in [2.75, 3.05) is 0 Å². The van der Waals surface area contributed by atoms with Crippen LogP contribution in [0, 0.1) is 0 Å². The lowest BCUT2D eigenvalue weighted by molar-refractivity contribution is 0.735. The monoisotopic (exact) mass is 634 g/mol. The fraction of sp³-hybridized carbons (Fsp3) is 0.0233. The molecule has 5 heteroatoms. The van der Waals surface area contributed by atoms with Gasteiger partial charge in [-0.15, -0.1) is 0 Å². The van der Waals surface area contributed by atoms with Gasteiger partial charge >= 0.3 is 0 Å². The van der Waals surface area contributed by atoms with Gasteiger partial charge in [-0.05, 0) is 28.3 Å². The highest BCUT2D eigenvalue weighted by atomic mass is 35.5. The molecule has 1 aliphatic rings. The Morgan fingerprint density at radius 1 is 0.438 bits per heavy atom. The molecule has 2 heterocycles. The zero-order chi connectivity index (χ0) is 32.1. The van der Waals surface area contributed by atoms with Crippen LogP contribution >= 0.6 is 11.6 Å². The number of rotatable bonds is 5. The quantitative estimate of drug-likeness (QED) is 0.189. The number of halogens is 1. The molecule has 2 aromatic heterocycles. The maximum absolute atomic E-state index is 7.07. The molecule has 1 aliphatic carbocycles. The summed E-state index contributed by atoms with van der Waals surface area (Å²) in [4.78, 5) is 21.4. The Hall–Kier alpha value is -5.97. The van der Waals surface area contributed by atoms with Crippen molar-refractivity contribution in [2.24, 2.45) is 0 Å². The van der Waals surface area contributed by atoms with E-state index in [-0.39, 0.29) is 0 Å². The Morgan fingerprint density at radius 3 is 1.69 bits per heavy atom. The first-order valence-electron chi connectivity index (χ1n) is 15.9. The maximum Gasteiger partial charge on any atom is 0.182 e. The molecular weight excluding hydrogens is 608 g/mol. The van der Waals surface area contributed by atoms with Crippen LogP contribution < -0.4 is 0 Å². The van der Waals surface area contributed by atoms with E-state index in [1.54, 1.807) is 0 Å². The van der Waals surface area contributed by atoms with Crippen LogP contribution in [0.25, 0.3) is 56.2 Å². The summed E-state index contributed by atoms with van der Waals surface area (Å²) in [6.07, 6.45) is 0. The predicted octanol–water partition coefficient (Wildman–Crippen LogP) is 10.4. The summed E-state index contributed by atoms with van der Waals surface area (Å²) in [6.45, 7) is 0. The average Bonchev–Trinajstić information content (AvgIpc) is 3.47. The summed E-state index contributed by atoms with van der Waals surface area (Å²) in [6, 6.07) is 55.8. The summed E-state index contributed by atoms with van der Waals surface area (Å²) in [5.41, 5.74) is 10.8. The van der Waals surface area contributed by atoms with Gasteiger partial charge in [-0.3, -0.25) is 0 Å². The fourth-order valence-electron chi connectivity index (χ4n) is 7.19. The predicted molar refractivity (Wildman–Crippen MR) is 194 cm³/mol. The molecule has 0 bridgehead atoms. The van der Waals surface area contributed by atoms with E-state index in [2.05, 4.69) is 78.9 Å². The first-order chi connectivity index (χ1) is 23.7. The lowest BCUT2D eigenvalue weighted by Gasteiger charge is -2.34. The van der Waals surface area contributed by atoms with Crippen LogP contribution in [0.3, 0.4) is 0 Å². The Balaban J connectivity index is 1.48. The molecule has 0 radical (unpaired) electrons. The molecule has 1 unspecified atom stereocenters. The Morgan fingerprint density at radius 2 is 1.00 bits per heavy atom. The molecular formula is C43H27ClN4. The van der Waals surface area contributed by atoms with Gasteiger partial charge in [0, 0.05) is 27.3 Å². The molecule has 6 aromatic carbocycles. The van der Waals surface area contributed by atoms with Gasteiger partial charge in [-0.1, -0.05) is 169 Å². The third-order valence-electron chi connectivity index (χ3n) is 9.24. The van der Waals surface area contributed by atoms with Gasteiger partial charge in [0.1, 0.15) is 11.2 Å². The number of hydrogen-bond donors (Lipinski definition) is 0. The lowest BCUT2D eigenvalue weighted by Crippen LogP contribution is -2.31. The van der Waals surface area contributed by atoms with Crippen LogP contribution in [0.5, 0.6) is 0 Å². The van der Waals surface area contributed by atoms with Gasteiger partial charge in [-0.25, -0.2) is 19.9 Å². The number of nitrogens with zero attached hydrogens (tertiary/aromatic N) is 4. The molecule has 0 fully saturated rings. The maximum atomic E-state index is 7.07. The van der Waals surface area contributed by atoms with E-state index in [0.717, 1.165) is 61.6 Å². The van der Waals surface area contributed by atoms with Gasteiger partial charge in [0.2, 0.25) is 0 Å². The van der Waals surface area contributed by atoms with Gasteiger partial charge in [0.15, 0.2) is 11.5 Å². The third kappa shape index (κ3) is 4.30. The molecule has 0 saturated carbocycles. The summed E-state index contributed by atoms with van der Waals surface area (Å²) in [5, 5.41) is 0.702.